The number of ether oxygens (including phenoxy) is 1. The lowest BCUT2D eigenvalue weighted by Crippen LogP contribution is -2.14. The van der Waals surface area contributed by atoms with Crippen LogP contribution in [0.25, 0.3) is 27.9 Å². The summed E-state index contributed by atoms with van der Waals surface area (Å²) < 4.78 is 12.7. The molecule has 1 N–H and O–H groups in total. The summed E-state index contributed by atoms with van der Waals surface area (Å²) >= 11 is 0. The number of nitrogens with zero attached hydrogens (tertiary/aromatic N) is 2. The van der Waals surface area contributed by atoms with E-state index in [-0.39, 0.29) is 6.42 Å². The number of carboxylic acid groups (broad SMARTS) is 1. The molecule has 1 atom stereocenters. The van der Waals surface area contributed by atoms with Gasteiger partial charge in [0.25, 0.3) is 0 Å². The van der Waals surface area contributed by atoms with E-state index in [9.17, 15) is 9.90 Å². The van der Waals surface area contributed by atoms with Crippen LogP contribution in [0.4, 0.5) is 0 Å². The van der Waals surface area contributed by atoms with E-state index >= 15 is 0 Å². The van der Waals surface area contributed by atoms with Gasteiger partial charge in [0, 0.05) is 22.9 Å². The van der Waals surface area contributed by atoms with E-state index in [1.54, 1.807) is 13.4 Å². The second kappa shape index (κ2) is 8.67. The van der Waals surface area contributed by atoms with Gasteiger partial charge in [-0.3, -0.25) is 4.79 Å². The minimum Gasteiger partial charge on any atom is -0.497 e. The minimum atomic E-state index is -0.915. The zero-order valence-electron chi connectivity index (χ0n) is 18.0. The molecule has 0 saturated carbocycles. The van der Waals surface area contributed by atoms with E-state index in [4.69, 9.17) is 14.3 Å². The van der Waals surface area contributed by atoms with Gasteiger partial charge in [0.15, 0.2) is 0 Å². The monoisotopic (exact) mass is 438 g/mol. The van der Waals surface area contributed by atoms with Crippen LogP contribution in [0.1, 0.15) is 17.2 Å². The average molecular weight is 438 g/mol. The second-order valence-corrected chi connectivity index (χ2v) is 7.78. The number of aromatic nitrogens is 2. The number of methoxy groups -OCH3 is 1. The van der Waals surface area contributed by atoms with Crippen molar-refractivity contribution in [2.45, 2.75) is 12.3 Å². The molecular weight excluding hydrogens is 416 g/mol. The Morgan fingerprint density at radius 1 is 1.03 bits per heavy atom. The smallest absolute Gasteiger partial charge is 0.311 e. The predicted octanol–water partition coefficient (Wildman–Crippen LogP) is 5.71. The van der Waals surface area contributed by atoms with Crippen LogP contribution >= 0.6 is 0 Å². The van der Waals surface area contributed by atoms with Crippen LogP contribution in [0.15, 0.2) is 95.6 Å². The Bertz CT molecular complexity index is 1400. The van der Waals surface area contributed by atoms with Crippen LogP contribution in [0.2, 0.25) is 0 Å². The maximum atomic E-state index is 12.3. The molecule has 0 radical (unpaired) electrons. The first kappa shape index (κ1) is 20.6. The molecule has 0 amide bonds. The molecule has 0 aliphatic rings. The molecule has 0 bridgehead atoms. The molecule has 0 spiro atoms. The molecule has 0 saturated heterocycles. The van der Waals surface area contributed by atoms with E-state index < -0.39 is 11.9 Å². The van der Waals surface area contributed by atoms with Gasteiger partial charge < -0.3 is 14.3 Å². The van der Waals surface area contributed by atoms with E-state index in [1.807, 2.05) is 89.6 Å². The van der Waals surface area contributed by atoms with Crippen LogP contribution < -0.4 is 4.74 Å². The van der Waals surface area contributed by atoms with Gasteiger partial charge in [-0.15, -0.1) is 0 Å². The van der Waals surface area contributed by atoms with Crippen LogP contribution in [-0.2, 0) is 11.2 Å². The van der Waals surface area contributed by atoms with Crippen LogP contribution in [0, 0.1) is 0 Å². The van der Waals surface area contributed by atoms with Crippen molar-refractivity contribution in [2.75, 3.05) is 7.11 Å². The maximum absolute atomic E-state index is 12.3. The SMILES string of the molecule is COc1ccc(-n2nc(CC(C(=O)O)c3coc4ccccc34)cc2-c2ccccc2)cc1. The lowest BCUT2D eigenvalue weighted by molar-refractivity contribution is -0.138. The number of aliphatic carboxylic acids is 1. The molecule has 2 aromatic heterocycles. The number of hydrogen-bond acceptors (Lipinski definition) is 4. The van der Waals surface area contributed by atoms with Crippen molar-refractivity contribution in [3.63, 3.8) is 0 Å². The Hall–Kier alpha value is -4.32. The van der Waals surface area contributed by atoms with Crippen LogP contribution in [-0.4, -0.2) is 28.0 Å². The van der Waals surface area contributed by atoms with Gasteiger partial charge in [-0.2, -0.15) is 5.10 Å². The molecule has 5 rings (SSSR count). The Morgan fingerprint density at radius 3 is 2.48 bits per heavy atom. The highest BCUT2D eigenvalue weighted by Gasteiger charge is 2.26. The molecule has 0 fully saturated rings. The van der Waals surface area contributed by atoms with E-state index in [1.165, 1.54) is 0 Å². The highest BCUT2D eigenvalue weighted by atomic mass is 16.5. The van der Waals surface area contributed by atoms with Gasteiger partial charge in [-0.1, -0.05) is 48.5 Å². The lowest BCUT2D eigenvalue weighted by atomic mass is 9.93. The Labute approximate surface area is 190 Å². The quantitative estimate of drug-likeness (QED) is 0.352. The number of para-hydroxylation sites is 1. The predicted molar refractivity (Wildman–Crippen MR) is 126 cm³/mol. The highest BCUT2D eigenvalue weighted by Crippen LogP contribution is 2.32. The van der Waals surface area contributed by atoms with Crippen molar-refractivity contribution < 1.29 is 19.1 Å². The van der Waals surface area contributed by atoms with Crippen LogP contribution in [0.5, 0.6) is 5.75 Å². The highest BCUT2D eigenvalue weighted by molar-refractivity contribution is 5.88. The first-order valence-electron chi connectivity index (χ1n) is 10.6. The zero-order valence-corrected chi connectivity index (χ0v) is 18.0. The summed E-state index contributed by atoms with van der Waals surface area (Å²) in [6.45, 7) is 0. The number of furan rings is 1. The summed E-state index contributed by atoms with van der Waals surface area (Å²) in [5.41, 5.74) is 4.75. The third kappa shape index (κ3) is 3.99. The number of rotatable bonds is 7. The average Bonchev–Trinajstić information content (AvgIpc) is 3.47. The van der Waals surface area contributed by atoms with Gasteiger partial charge in [0.1, 0.15) is 11.3 Å². The van der Waals surface area contributed by atoms with Crippen LogP contribution in [0.3, 0.4) is 0 Å². The number of benzene rings is 3. The first-order chi connectivity index (χ1) is 16.1. The first-order valence-corrected chi connectivity index (χ1v) is 10.6. The van der Waals surface area contributed by atoms with Gasteiger partial charge >= 0.3 is 5.97 Å². The summed E-state index contributed by atoms with van der Waals surface area (Å²) in [7, 11) is 1.63. The third-order valence-corrected chi connectivity index (χ3v) is 5.74. The molecule has 0 aliphatic heterocycles. The number of carboxylic acids is 1. The van der Waals surface area contributed by atoms with Crippen molar-refractivity contribution in [1.29, 1.82) is 0 Å². The Balaban J connectivity index is 1.57. The fourth-order valence-corrected chi connectivity index (χ4v) is 4.07. The number of fused-ring (bicyclic) bond motifs is 1. The normalized spacial score (nSPS) is 12.0. The Kier molecular flexibility index (Phi) is 5.40. The van der Waals surface area contributed by atoms with E-state index in [2.05, 4.69) is 0 Å². The Morgan fingerprint density at radius 2 is 1.76 bits per heavy atom. The van der Waals surface area contributed by atoms with E-state index in [0.717, 1.165) is 28.1 Å². The number of carbonyl (C=O) groups is 1. The molecule has 2 heterocycles. The molecule has 6 heteroatoms. The molecular formula is C27H22N2O4. The van der Waals surface area contributed by atoms with Gasteiger partial charge in [0.05, 0.1) is 36.4 Å². The molecule has 1 unspecified atom stereocenters. The topological polar surface area (TPSA) is 77.5 Å². The van der Waals surface area contributed by atoms with Crippen molar-refractivity contribution in [3.05, 3.63) is 102 Å². The zero-order chi connectivity index (χ0) is 22.8. The van der Waals surface area contributed by atoms with Gasteiger partial charge in [-0.05, 0) is 36.4 Å². The molecule has 0 aliphatic carbocycles. The summed E-state index contributed by atoms with van der Waals surface area (Å²) in [5.74, 6) is -0.941. The summed E-state index contributed by atoms with van der Waals surface area (Å²) in [6, 6.07) is 27.0. The lowest BCUT2D eigenvalue weighted by Gasteiger charge is -2.10. The second-order valence-electron chi connectivity index (χ2n) is 7.78. The summed E-state index contributed by atoms with van der Waals surface area (Å²) in [5, 5.41) is 15.7. The van der Waals surface area contributed by atoms with E-state index in [0.29, 0.717) is 16.8 Å². The fourth-order valence-electron chi connectivity index (χ4n) is 4.07. The van der Waals surface area contributed by atoms with Crippen molar-refractivity contribution in [1.82, 2.24) is 9.78 Å². The van der Waals surface area contributed by atoms with Crippen molar-refractivity contribution >= 4 is 16.9 Å². The molecule has 6 nitrogen and oxygen atoms in total. The van der Waals surface area contributed by atoms with Crippen molar-refractivity contribution in [2.24, 2.45) is 0 Å². The standard InChI is InChI=1S/C27H22N2O4/c1-32-21-13-11-20(12-14-21)29-25(18-7-3-2-4-8-18)16-19(28-29)15-23(27(30)31)24-17-33-26-10-6-5-9-22(24)26/h2-14,16-17,23H,15H2,1H3,(H,30,31). The molecule has 33 heavy (non-hydrogen) atoms. The molecule has 5 aromatic rings. The number of hydrogen-bond donors (Lipinski definition) is 1. The summed E-state index contributed by atoms with van der Waals surface area (Å²) in [4.78, 5) is 12.3. The van der Waals surface area contributed by atoms with Gasteiger partial charge in [-0.25, -0.2) is 4.68 Å². The van der Waals surface area contributed by atoms with Gasteiger partial charge in [0.2, 0.25) is 0 Å². The molecule has 3 aromatic carbocycles. The maximum Gasteiger partial charge on any atom is 0.311 e. The van der Waals surface area contributed by atoms with Crippen molar-refractivity contribution in [3.8, 4) is 22.7 Å². The largest absolute Gasteiger partial charge is 0.497 e. The third-order valence-electron chi connectivity index (χ3n) is 5.74. The summed E-state index contributed by atoms with van der Waals surface area (Å²) in [6.07, 6.45) is 1.78. The fraction of sp³-hybridized carbons (Fsp3) is 0.111. The molecule has 164 valence electrons. The minimum absolute atomic E-state index is 0.238.